The number of hydrogen-bond acceptors (Lipinski definition) is 2. The molecular weight excluding hydrogens is 522 g/mol. The average molecular weight is 569 g/mol. The topological polar surface area (TPSA) is 39.3 Å². The van der Waals surface area contributed by atoms with Crippen LogP contribution in [0.25, 0.3) is 27.7 Å². The second kappa shape index (κ2) is 14.7. The Morgan fingerprint density at radius 3 is 2.00 bits per heavy atom. The minimum absolute atomic E-state index is 0.166. The minimum Gasteiger partial charge on any atom is -0.306 e. The van der Waals surface area contributed by atoms with E-state index in [9.17, 15) is 4.79 Å². The fourth-order valence-corrected chi connectivity index (χ4v) is 5.79. The number of aryl methyl sites for hydroxylation is 1. The molecule has 2 aromatic heterocycles. The summed E-state index contributed by atoms with van der Waals surface area (Å²) in [4.78, 5) is 17.3. The minimum atomic E-state index is -0.166. The Morgan fingerprint density at radius 1 is 0.838 bits per heavy atom. The first-order valence-electron chi connectivity index (χ1n) is 14.6. The zero-order chi connectivity index (χ0) is 26.8. The molecule has 2 heterocycles. The molecule has 2 aromatic carbocycles. The highest BCUT2D eigenvalue weighted by Crippen LogP contribution is 2.36. The SMILES string of the molecule is CCCCCC.CCCCCC.Cc1ccc2c(c1)n(C1CCCC1)c1nc(=O)c3c(Br)cccc3n21. The van der Waals surface area contributed by atoms with Crippen molar-refractivity contribution in [1.82, 2.24) is 14.0 Å². The second-order valence-electron chi connectivity index (χ2n) is 10.4. The van der Waals surface area contributed by atoms with E-state index in [0.717, 1.165) is 34.1 Å². The zero-order valence-electron chi connectivity index (χ0n) is 23.7. The molecule has 1 saturated carbocycles. The second-order valence-corrected chi connectivity index (χ2v) is 11.3. The Bertz CT molecular complexity index is 1320. The molecule has 4 aromatic rings. The standard InChI is InChI=1S/C20H18BrN3O.2C6H14/c1-12-9-10-15-17(11-12)23(13-5-2-3-6-13)20-22-19(25)18-14(21)7-4-8-16(18)24(15)20;2*1-3-5-6-4-2/h4,7-11,13H,2-3,5-6H2,1H3;2*3-6H2,1-2H3. The number of imidazole rings is 1. The smallest absolute Gasteiger partial charge is 0.283 e. The van der Waals surface area contributed by atoms with Crippen molar-refractivity contribution in [3.63, 3.8) is 0 Å². The lowest BCUT2D eigenvalue weighted by Crippen LogP contribution is -2.14. The predicted octanol–water partition coefficient (Wildman–Crippen LogP) is 10.2. The molecular formula is C32H46BrN3O. The van der Waals surface area contributed by atoms with Gasteiger partial charge in [0.15, 0.2) is 0 Å². The van der Waals surface area contributed by atoms with Gasteiger partial charge in [-0.05, 0) is 65.5 Å². The number of nitrogens with zero attached hydrogens (tertiary/aromatic N) is 3. The normalized spacial score (nSPS) is 13.6. The molecule has 0 unspecified atom stereocenters. The summed E-state index contributed by atoms with van der Waals surface area (Å²) in [5, 5.41) is 0.644. The quantitative estimate of drug-likeness (QED) is 0.208. The third-order valence-corrected chi connectivity index (χ3v) is 7.96. The molecule has 0 spiro atoms. The molecule has 0 N–H and O–H groups in total. The molecule has 0 bridgehead atoms. The van der Waals surface area contributed by atoms with Crippen LogP contribution in [0.1, 0.15) is 116 Å². The van der Waals surface area contributed by atoms with Crippen molar-refractivity contribution in [1.29, 1.82) is 0 Å². The third kappa shape index (κ3) is 7.04. The maximum Gasteiger partial charge on any atom is 0.283 e. The van der Waals surface area contributed by atoms with E-state index in [1.807, 2.05) is 18.2 Å². The summed E-state index contributed by atoms with van der Waals surface area (Å²) in [6.45, 7) is 11.0. The van der Waals surface area contributed by atoms with Crippen LogP contribution < -0.4 is 5.56 Å². The van der Waals surface area contributed by atoms with E-state index < -0.39 is 0 Å². The van der Waals surface area contributed by atoms with E-state index in [4.69, 9.17) is 0 Å². The van der Waals surface area contributed by atoms with Crippen LogP contribution in [0.5, 0.6) is 0 Å². The Hall–Kier alpha value is -2.14. The van der Waals surface area contributed by atoms with Crippen LogP contribution in [-0.4, -0.2) is 14.0 Å². The highest BCUT2D eigenvalue weighted by Gasteiger charge is 2.24. The first-order chi connectivity index (χ1) is 18.0. The van der Waals surface area contributed by atoms with E-state index in [1.54, 1.807) is 0 Å². The van der Waals surface area contributed by atoms with Crippen molar-refractivity contribution in [2.75, 3.05) is 0 Å². The van der Waals surface area contributed by atoms with Gasteiger partial charge in [-0.1, -0.05) is 104 Å². The Morgan fingerprint density at radius 2 is 1.43 bits per heavy atom. The molecule has 0 atom stereocenters. The summed E-state index contributed by atoms with van der Waals surface area (Å²) in [6.07, 6.45) is 15.9. The number of fused-ring (bicyclic) bond motifs is 5. The summed E-state index contributed by atoms with van der Waals surface area (Å²) in [5.74, 6) is 0.767. The average Bonchev–Trinajstić information content (AvgIpc) is 3.52. The maximum absolute atomic E-state index is 12.8. The molecule has 5 heteroatoms. The van der Waals surface area contributed by atoms with Gasteiger partial charge in [-0.3, -0.25) is 9.20 Å². The molecule has 202 valence electrons. The number of unbranched alkanes of at least 4 members (excludes halogenated alkanes) is 6. The number of hydrogen-bond donors (Lipinski definition) is 0. The zero-order valence-corrected chi connectivity index (χ0v) is 25.2. The largest absolute Gasteiger partial charge is 0.306 e. The summed E-state index contributed by atoms with van der Waals surface area (Å²) in [7, 11) is 0. The van der Waals surface area contributed by atoms with E-state index in [1.165, 1.54) is 75.3 Å². The van der Waals surface area contributed by atoms with Crippen molar-refractivity contribution >= 4 is 43.6 Å². The van der Waals surface area contributed by atoms with Crippen LogP contribution in [-0.2, 0) is 0 Å². The molecule has 0 radical (unpaired) electrons. The molecule has 1 aliphatic rings. The molecule has 37 heavy (non-hydrogen) atoms. The van der Waals surface area contributed by atoms with E-state index in [0.29, 0.717) is 11.4 Å². The van der Waals surface area contributed by atoms with E-state index in [2.05, 4.69) is 82.7 Å². The Kier molecular flexibility index (Phi) is 11.7. The number of rotatable bonds is 7. The Labute approximate surface area is 231 Å². The first-order valence-corrected chi connectivity index (χ1v) is 15.4. The fraction of sp³-hybridized carbons (Fsp3) is 0.562. The van der Waals surface area contributed by atoms with Gasteiger partial charge in [0.25, 0.3) is 5.56 Å². The number of halogens is 1. The van der Waals surface area contributed by atoms with E-state index >= 15 is 0 Å². The fourth-order valence-electron chi connectivity index (χ4n) is 5.26. The maximum atomic E-state index is 12.8. The molecule has 1 aliphatic carbocycles. The van der Waals surface area contributed by atoms with Crippen molar-refractivity contribution < 1.29 is 0 Å². The third-order valence-electron chi connectivity index (χ3n) is 7.30. The van der Waals surface area contributed by atoms with E-state index in [-0.39, 0.29) is 5.56 Å². The van der Waals surface area contributed by atoms with Crippen molar-refractivity contribution in [2.45, 2.75) is 118 Å². The molecule has 0 amide bonds. The van der Waals surface area contributed by atoms with Crippen molar-refractivity contribution in [3.05, 3.63) is 56.8 Å². The van der Waals surface area contributed by atoms with Gasteiger partial charge in [-0.15, -0.1) is 0 Å². The predicted molar refractivity (Wildman–Crippen MR) is 164 cm³/mol. The highest BCUT2D eigenvalue weighted by molar-refractivity contribution is 9.10. The first kappa shape index (κ1) is 29.4. The van der Waals surface area contributed by atoms with Crippen molar-refractivity contribution in [2.24, 2.45) is 0 Å². The van der Waals surface area contributed by atoms with Crippen LogP contribution >= 0.6 is 15.9 Å². The lowest BCUT2D eigenvalue weighted by atomic mass is 10.2. The van der Waals surface area contributed by atoms with Gasteiger partial charge in [-0.2, -0.15) is 4.98 Å². The van der Waals surface area contributed by atoms with Crippen LogP contribution in [0.4, 0.5) is 0 Å². The van der Waals surface area contributed by atoms with Crippen LogP contribution in [0, 0.1) is 6.92 Å². The van der Waals surface area contributed by atoms with Gasteiger partial charge in [0.2, 0.25) is 5.78 Å². The van der Waals surface area contributed by atoms with Gasteiger partial charge in [0.05, 0.1) is 21.9 Å². The highest BCUT2D eigenvalue weighted by atomic mass is 79.9. The lowest BCUT2D eigenvalue weighted by molar-refractivity contribution is 0.543. The van der Waals surface area contributed by atoms with Crippen LogP contribution in [0.3, 0.4) is 0 Å². The van der Waals surface area contributed by atoms with Gasteiger partial charge in [0.1, 0.15) is 0 Å². The summed E-state index contributed by atoms with van der Waals surface area (Å²) in [6, 6.07) is 12.8. The number of benzene rings is 2. The summed E-state index contributed by atoms with van der Waals surface area (Å²) in [5.41, 5.74) is 4.26. The number of aromatic nitrogens is 3. The van der Waals surface area contributed by atoms with Gasteiger partial charge in [-0.25, -0.2) is 0 Å². The molecule has 4 nitrogen and oxygen atoms in total. The molecule has 5 rings (SSSR count). The molecule has 1 fully saturated rings. The van der Waals surface area contributed by atoms with Gasteiger partial charge in [0, 0.05) is 10.5 Å². The molecule has 0 saturated heterocycles. The summed E-state index contributed by atoms with van der Waals surface area (Å²) >= 11 is 3.52. The molecule has 0 aliphatic heterocycles. The van der Waals surface area contributed by atoms with Gasteiger partial charge < -0.3 is 4.57 Å². The van der Waals surface area contributed by atoms with Gasteiger partial charge >= 0.3 is 0 Å². The lowest BCUT2D eigenvalue weighted by Gasteiger charge is -2.14. The van der Waals surface area contributed by atoms with Crippen molar-refractivity contribution in [3.8, 4) is 0 Å². The van der Waals surface area contributed by atoms with Crippen LogP contribution in [0.2, 0.25) is 0 Å². The monoisotopic (exact) mass is 567 g/mol. The summed E-state index contributed by atoms with van der Waals surface area (Å²) < 4.78 is 5.25. The Balaban J connectivity index is 0.000000267. The van der Waals surface area contributed by atoms with Crippen LogP contribution in [0.15, 0.2) is 45.7 Å².